The summed E-state index contributed by atoms with van der Waals surface area (Å²) in [5.74, 6) is 2.85. The van der Waals surface area contributed by atoms with Crippen molar-refractivity contribution in [2.75, 3.05) is 0 Å². The molecule has 0 aromatic carbocycles. The topological polar surface area (TPSA) is 12.5 Å². The zero-order valence-electron chi connectivity index (χ0n) is 22.0. The Bertz CT molecular complexity index is 757. The van der Waals surface area contributed by atoms with Crippen molar-refractivity contribution in [2.24, 2.45) is 0 Å². The summed E-state index contributed by atoms with van der Waals surface area (Å²) in [4.78, 5) is 0. The molecule has 0 radical (unpaired) electrons. The molecule has 0 saturated carbocycles. The Balaban J connectivity index is 2.21. The maximum Gasteiger partial charge on any atom is 0.0892 e. The number of unbranched alkanes of at least 4 members (excludes halogenated alkanes) is 1. The fourth-order valence-corrected chi connectivity index (χ4v) is 3.83. The van der Waals surface area contributed by atoms with Gasteiger partial charge >= 0.3 is 0 Å². The van der Waals surface area contributed by atoms with E-state index in [0.717, 1.165) is 69.8 Å². The van der Waals surface area contributed by atoms with Crippen LogP contribution in [-0.4, -0.2) is 11.7 Å². The van der Waals surface area contributed by atoms with Crippen molar-refractivity contribution in [3.05, 3.63) is 58.2 Å². The van der Waals surface area contributed by atoms with E-state index in [9.17, 15) is 0 Å². The van der Waals surface area contributed by atoms with E-state index >= 15 is 0 Å². The van der Waals surface area contributed by atoms with Crippen LogP contribution in [0.4, 0.5) is 0 Å². The summed E-state index contributed by atoms with van der Waals surface area (Å²) < 4.78 is 5.67. The van der Waals surface area contributed by atoms with E-state index in [2.05, 4.69) is 84.8 Å². The summed E-state index contributed by atoms with van der Waals surface area (Å²) >= 11 is 0. The second-order valence-electron chi connectivity index (χ2n) is 10.2. The second kappa shape index (κ2) is 15.1. The molecule has 1 rings (SSSR count). The molecular weight excluding hydrogens is 388 g/mol. The largest absolute Gasteiger partial charge is 0.367 e. The summed E-state index contributed by atoms with van der Waals surface area (Å²) in [6.45, 7) is 15.4. The van der Waals surface area contributed by atoms with E-state index in [0.29, 0.717) is 6.10 Å². The van der Waals surface area contributed by atoms with Crippen molar-refractivity contribution in [3.8, 4) is 12.3 Å². The van der Waals surface area contributed by atoms with Crippen LogP contribution in [-0.2, 0) is 4.74 Å². The van der Waals surface area contributed by atoms with Crippen LogP contribution in [0.2, 0.25) is 0 Å². The molecule has 1 heterocycles. The Kier molecular flexibility index (Phi) is 13.4. The molecular formula is C31H48O. The molecule has 1 unspecified atom stereocenters. The van der Waals surface area contributed by atoms with Gasteiger partial charge in [-0.25, -0.2) is 0 Å². The van der Waals surface area contributed by atoms with E-state index in [-0.39, 0.29) is 5.60 Å². The smallest absolute Gasteiger partial charge is 0.0892 e. The van der Waals surface area contributed by atoms with Crippen LogP contribution in [0.5, 0.6) is 0 Å². The van der Waals surface area contributed by atoms with Crippen LogP contribution in [0.15, 0.2) is 58.2 Å². The molecule has 1 aliphatic heterocycles. The van der Waals surface area contributed by atoms with Crippen LogP contribution in [0.3, 0.4) is 0 Å². The molecule has 1 heteroatoms. The third-order valence-electron chi connectivity index (χ3n) is 6.23. The van der Waals surface area contributed by atoms with Gasteiger partial charge in [0.25, 0.3) is 0 Å². The van der Waals surface area contributed by atoms with Crippen molar-refractivity contribution in [1.29, 1.82) is 0 Å². The van der Waals surface area contributed by atoms with Gasteiger partial charge in [0.15, 0.2) is 0 Å². The van der Waals surface area contributed by atoms with E-state index < -0.39 is 0 Å². The molecule has 0 bridgehead atoms. The van der Waals surface area contributed by atoms with Gasteiger partial charge in [0.1, 0.15) is 0 Å². The first-order valence-corrected chi connectivity index (χ1v) is 12.6. The molecule has 1 saturated heterocycles. The summed E-state index contributed by atoms with van der Waals surface area (Å²) in [5, 5.41) is 0. The van der Waals surface area contributed by atoms with Crippen LogP contribution >= 0.6 is 0 Å². The molecule has 1 atom stereocenters. The lowest BCUT2D eigenvalue weighted by Gasteiger charge is -2.03. The van der Waals surface area contributed by atoms with Crippen molar-refractivity contribution in [3.63, 3.8) is 0 Å². The van der Waals surface area contributed by atoms with Crippen molar-refractivity contribution in [2.45, 2.75) is 124 Å². The van der Waals surface area contributed by atoms with Gasteiger partial charge in [0, 0.05) is 0 Å². The van der Waals surface area contributed by atoms with Crippen molar-refractivity contribution < 1.29 is 4.74 Å². The third kappa shape index (κ3) is 13.6. The van der Waals surface area contributed by atoms with E-state index in [4.69, 9.17) is 11.2 Å². The number of hydrogen-bond acceptors (Lipinski definition) is 1. The standard InChI is InChI=1S/C31H48O/c1-9-29(21-12-15-25(2)3)22-14-20-27(5)17-11-10-16-26(4)18-13-19-28(6)23-24-30-31(7,8)32-30/h1,15-17,19,22,30H,10-14,18,20-21,23-24H2,2-8H3/b26-16-,27-17+,28-19+,29-22+. The molecule has 32 heavy (non-hydrogen) atoms. The number of epoxide rings is 1. The van der Waals surface area contributed by atoms with Crippen LogP contribution in [0.25, 0.3) is 0 Å². The second-order valence-corrected chi connectivity index (χ2v) is 10.2. The molecule has 0 aromatic heterocycles. The third-order valence-corrected chi connectivity index (χ3v) is 6.23. The molecule has 1 aliphatic rings. The van der Waals surface area contributed by atoms with Gasteiger partial charge in [0.05, 0.1) is 11.7 Å². The predicted octanol–water partition coefficient (Wildman–Crippen LogP) is 9.43. The van der Waals surface area contributed by atoms with E-state index in [1.54, 1.807) is 0 Å². The Labute approximate surface area is 199 Å². The molecule has 0 spiro atoms. The molecule has 0 aromatic rings. The highest BCUT2D eigenvalue weighted by Crippen LogP contribution is 2.38. The zero-order chi connectivity index (χ0) is 24.0. The SMILES string of the molecule is C#C/C(=C\CC/C(C)=C/CC/C=C(/C)CC/C=C(\C)CCC1OC1(C)C)CCC=C(C)C. The normalized spacial score (nSPS) is 19.0. The van der Waals surface area contributed by atoms with Gasteiger partial charge < -0.3 is 4.74 Å². The lowest BCUT2D eigenvalue weighted by molar-refractivity contribution is 0.320. The number of ether oxygens (including phenoxy) is 1. The Morgan fingerprint density at radius 1 is 0.719 bits per heavy atom. The lowest BCUT2D eigenvalue weighted by atomic mass is 10.0. The van der Waals surface area contributed by atoms with Gasteiger partial charge in [-0.1, -0.05) is 58.6 Å². The minimum atomic E-state index is 0.124. The number of rotatable bonds is 15. The number of terminal acetylenes is 1. The van der Waals surface area contributed by atoms with Crippen molar-refractivity contribution in [1.82, 2.24) is 0 Å². The monoisotopic (exact) mass is 436 g/mol. The molecule has 1 fully saturated rings. The maximum atomic E-state index is 5.67. The first-order valence-electron chi connectivity index (χ1n) is 12.6. The average molecular weight is 437 g/mol. The predicted molar refractivity (Wildman–Crippen MR) is 143 cm³/mol. The quantitative estimate of drug-likeness (QED) is 0.108. The fourth-order valence-electron chi connectivity index (χ4n) is 3.83. The fraction of sp³-hybridized carbons (Fsp3) is 0.613. The minimum Gasteiger partial charge on any atom is -0.367 e. The Morgan fingerprint density at radius 2 is 1.19 bits per heavy atom. The van der Waals surface area contributed by atoms with Gasteiger partial charge in [-0.05, 0) is 118 Å². The highest BCUT2D eigenvalue weighted by molar-refractivity contribution is 5.26. The first-order chi connectivity index (χ1) is 15.1. The first kappa shape index (κ1) is 28.3. The van der Waals surface area contributed by atoms with Crippen LogP contribution < -0.4 is 0 Å². The van der Waals surface area contributed by atoms with Crippen molar-refractivity contribution >= 4 is 0 Å². The summed E-state index contributed by atoms with van der Waals surface area (Å²) in [7, 11) is 0. The van der Waals surface area contributed by atoms with Crippen LogP contribution in [0, 0.1) is 12.3 Å². The Morgan fingerprint density at radius 3 is 1.69 bits per heavy atom. The summed E-state index contributed by atoms with van der Waals surface area (Å²) in [6, 6.07) is 0. The lowest BCUT2D eigenvalue weighted by Crippen LogP contribution is -2.02. The number of allylic oxidation sites excluding steroid dienone is 10. The molecule has 0 amide bonds. The summed E-state index contributed by atoms with van der Waals surface area (Å²) in [6.07, 6.45) is 28.9. The maximum absolute atomic E-state index is 5.67. The zero-order valence-corrected chi connectivity index (χ0v) is 22.0. The van der Waals surface area contributed by atoms with Crippen LogP contribution in [0.1, 0.15) is 113 Å². The average Bonchev–Trinajstić information content (AvgIpc) is 3.34. The highest BCUT2D eigenvalue weighted by atomic mass is 16.6. The highest BCUT2D eigenvalue weighted by Gasteiger charge is 2.46. The van der Waals surface area contributed by atoms with E-state index in [1.165, 1.54) is 22.3 Å². The Hall–Kier alpha value is -1.78. The molecule has 0 N–H and O–H groups in total. The molecule has 178 valence electrons. The minimum absolute atomic E-state index is 0.124. The van der Waals surface area contributed by atoms with E-state index in [1.807, 2.05) is 0 Å². The number of hydrogen-bond donors (Lipinski definition) is 0. The summed E-state index contributed by atoms with van der Waals surface area (Å²) in [5.41, 5.74) is 7.10. The molecule has 1 nitrogen and oxygen atoms in total. The van der Waals surface area contributed by atoms with Gasteiger partial charge in [-0.2, -0.15) is 0 Å². The van der Waals surface area contributed by atoms with Gasteiger partial charge in [-0.3, -0.25) is 0 Å². The van der Waals surface area contributed by atoms with Gasteiger partial charge in [-0.15, -0.1) is 6.42 Å². The van der Waals surface area contributed by atoms with Gasteiger partial charge in [0.2, 0.25) is 0 Å². The molecule has 0 aliphatic carbocycles.